The van der Waals surface area contributed by atoms with Crippen LogP contribution in [0.15, 0.2) is 48.8 Å². The lowest BCUT2D eigenvalue weighted by molar-refractivity contribution is -0.164. The van der Waals surface area contributed by atoms with Crippen molar-refractivity contribution in [3.63, 3.8) is 0 Å². The van der Waals surface area contributed by atoms with E-state index < -0.39 is 40.5 Å². The largest absolute Gasteiger partial charge is 0.490 e. The molecular weight excluding hydrogens is 878 g/mol. The van der Waals surface area contributed by atoms with Crippen LogP contribution in [0.3, 0.4) is 0 Å². The van der Waals surface area contributed by atoms with Crippen molar-refractivity contribution in [2.24, 2.45) is 16.7 Å². The van der Waals surface area contributed by atoms with Gasteiger partial charge in [-0.3, -0.25) is 44.0 Å². The molecule has 5 fully saturated rings. The summed E-state index contributed by atoms with van der Waals surface area (Å²) in [6.45, 7) is 16.1. The number of halogens is 1. The van der Waals surface area contributed by atoms with Crippen LogP contribution in [0.25, 0.3) is 0 Å². The van der Waals surface area contributed by atoms with E-state index in [1.165, 1.54) is 0 Å². The average Bonchev–Trinajstić information content (AvgIpc) is 3.55. The van der Waals surface area contributed by atoms with E-state index in [0.717, 1.165) is 95.4 Å². The van der Waals surface area contributed by atoms with E-state index in [9.17, 15) is 29.2 Å². The van der Waals surface area contributed by atoms with Gasteiger partial charge >= 0.3 is 0 Å². The van der Waals surface area contributed by atoms with Crippen molar-refractivity contribution in [1.82, 2.24) is 35.3 Å². The van der Waals surface area contributed by atoms with Crippen LogP contribution in [0.4, 0.5) is 5.82 Å². The molecule has 2 N–H and O–H groups in total. The standard InChI is InChI=1S/C49H58ClN9O8/c1-48(2)46(49(3,4)47(48)67-33-6-5-30(25-51)37(50)24-33)55-42(61)38-26-53-40(27-52-38)57-13-11-29(12-14-57)28-58(16-15-56-17-19-65-20-18-56)31-21-34(22-31)66-32-7-8-35-36(23-32)45(64)59(44(35)63)39-9-10-41(60)54-43(39)62/h5-8,23-24,26-27,29,31,34,39,46-47H,9-22,28H2,1-4H3,(H,55,61)(H,54,60,62). The highest BCUT2D eigenvalue weighted by molar-refractivity contribution is 6.31. The summed E-state index contributed by atoms with van der Waals surface area (Å²) in [6.07, 6.45) is 6.80. The number of carbonyl (C=O) groups excluding carboxylic acids is 5. The molecule has 4 aliphatic heterocycles. The monoisotopic (exact) mass is 935 g/mol. The van der Waals surface area contributed by atoms with Crippen molar-refractivity contribution >= 4 is 47.0 Å². The van der Waals surface area contributed by atoms with Gasteiger partial charge in [0.2, 0.25) is 11.8 Å². The van der Waals surface area contributed by atoms with Crippen molar-refractivity contribution in [2.45, 2.75) is 96.6 Å². The van der Waals surface area contributed by atoms with E-state index in [2.05, 4.69) is 64.1 Å². The summed E-state index contributed by atoms with van der Waals surface area (Å²) in [7, 11) is 0. The van der Waals surface area contributed by atoms with Crippen LogP contribution in [0.2, 0.25) is 5.02 Å². The topological polar surface area (TPSA) is 200 Å². The molecule has 2 saturated carbocycles. The minimum atomic E-state index is -1.02. The zero-order valence-corrected chi connectivity index (χ0v) is 39.2. The molecule has 1 unspecified atom stereocenters. The number of benzene rings is 2. The molecule has 6 aliphatic rings. The summed E-state index contributed by atoms with van der Waals surface area (Å²) in [4.78, 5) is 81.9. The van der Waals surface area contributed by atoms with E-state index in [1.54, 1.807) is 48.8 Å². The van der Waals surface area contributed by atoms with Gasteiger partial charge in [0.1, 0.15) is 47.3 Å². The van der Waals surface area contributed by atoms with E-state index in [4.69, 9.17) is 30.8 Å². The Morgan fingerprint density at radius 2 is 1.63 bits per heavy atom. The van der Waals surface area contributed by atoms with Gasteiger partial charge in [0.15, 0.2) is 0 Å². The zero-order chi connectivity index (χ0) is 47.2. The van der Waals surface area contributed by atoms with Gasteiger partial charge in [-0.25, -0.2) is 9.97 Å². The van der Waals surface area contributed by atoms with E-state index in [0.29, 0.717) is 34.0 Å². The number of hydrogen-bond acceptors (Lipinski definition) is 14. The third-order valence-electron chi connectivity index (χ3n) is 14.8. The van der Waals surface area contributed by atoms with Gasteiger partial charge in [-0.2, -0.15) is 5.26 Å². The van der Waals surface area contributed by atoms with E-state index >= 15 is 0 Å². The van der Waals surface area contributed by atoms with Crippen LogP contribution in [-0.4, -0.2) is 144 Å². The SMILES string of the molecule is CC1(C)C(NC(=O)c2cnc(N3CCC(CN(CCN4CCOCC4)C4CC(Oc5ccc6c(c5)C(=O)N(C5CCC(=O)NC5=O)C6=O)C4)CC3)cn2)C(C)(C)C1Oc1ccc(C#N)c(Cl)c1. The van der Waals surface area contributed by atoms with Gasteiger partial charge in [-0.15, -0.1) is 0 Å². The maximum atomic E-state index is 13.5. The van der Waals surface area contributed by atoms with Gasteiger partial charge in [-0.05, 0) is 55.5 Å². The predicted octanol–water partition coefficient (Wildman–Crippen LogP) is 4.48. The second-order valence-electron chi connectivity index (χ2n) is 20.0. The Kier molecular flexibility index (Phi) is 13.0. The van der Waals surface area contributed by atoms with Crippen molar-refractivity contribution in [3.05, 3.63) is 76.2 Å². The number of nitriles is 1. The molecule has 0 bridgehead atoms. The number of ether oxygens (including phenoxy) is 3. The second-order valence-corrected chi connectivity index (χ2v) is 20.4. The number of piperidine rings is 2. The number of anilines is 1. The van der Waals surface area contributed by atoms with Crippen LogP contribution in [0, 0.1) is 28.1 Å². The highest BCUT2D eigenvalue weighted by atomic mass is 35.5. The van der Waals surface area contributed by atoms with Gasteiger partial charge in [0.05, 0.1) is 47.3 Å². The normalized spacial score (nSPS) is 26.0. The maximum absolute atomic E-state index is 13.5. The lowest BCUT2D eigenvalue weighted by Gasteiger charge is -2.63. The molecule has 9 rings (SSSR count). The molecule has 1 aromatic heterocycles. The molecule has 67 heavy (non-hydrogen) atoms. The van der Waals surface area contributed by atoms with Crippen LogP contribution < -0.4 is 25.0 Å². The summed E-state index contributed by atoms with van der Waals surface area (Å²) < 4.78 is 18.4. The van der Waals surface area contributed by atoms with Gasteiger partial charge in [0, 0.05) is 94.1 Å². The number of aromatic nitrogens is 2. The number of imide groups is 2. The third-order valence-corrected chi connectivity index (χ3v) is 15.2. The van der Waals surface area contributed by atoms with Crippen molar-refractivity contribution in [2.75, 3.05) is 63.9 Å². The summed E-state index contributed by atoms with van der Waals surface area (Å²) in [5.74, 6) is -0.103. The van der Waals surface area contributed by atoms with Crippen molar-refractivity contribution in [3.8, 4) is 17.6 Å². The molecule has 0 spiro atoms. The van der Waals surface area contributed by atoms with Crippen LogP contribution >= 0.6 is 11.6 Å². The Balaban J connectivity index is 0.767. The maximum Gasteiger partial charge on any atom is 0.271 e. The Hall–Kier alpha value is -5.67. The van der Waals surface area contributed by atoms with Crippen LogP contribution in [0.1, 0.15) is 103 Å². The Morgan fingerprint density at radius 1 is 0.925 bits per heavy atom. The minimum Gasteiger partial charge on any atom is -0.490 e. The van der Waals surface area contributed by atoms with Crippen molar-refractivity contribution in [1.29, 1.82) is 5.26 Å². The lowest BCUT2D eigenvalue weighted by Crippen LogP contribution is -2.74. The van der Waals surface area contributed by atoms with E-state index in [1.807, 2.05) is 0 Å². The van der Waals surface area contributed by atoms with Gasteiger partial charge < -0.3 is 24.4 Å². The number of rotatable bonds is 14. The first kappa shape index (κ1) is 46.4. The van der Waals surface area contributed by atoms with Crippen molar-refractivity contribution < 1.29 is 38.2 Å². The summed E-state index contributed by atoms with van der Waals surface area (Å²) in [5.41, 5.74) is 0.253. The summed E-state index contributed by atoms with van der Waals surface area (Å²) in [6, 6.07) is 11.1. The highest BCUT2D eigenvalue weighted by Crippen LogP contribution is 2.55. The molecular formula is C49H58ClN9O8. The smallest absolute Gasteiger partial charge is 0.271 e. The molecule has 1 atom stereocenters. The van der Waals surface area contributed by atoms with Crippen LogP contribution in [0.5, 0.6) is 11.5 Å². The summed E-state index contributed by atoms with van der Waals surface area (Å²) >= 11 is 6.27. The van der Waals surface area contributed by atoms with Gasteiger partial charge in [-0.1, -0.05) is 39.3 Å². The lowest BCUT2D eigenvalue weighted by atomic mass is 9.49. The molecule has 2 aliphatic carbocycles. The fourth-order valence-electron chi connectivity index (χ4n) is 11.2. The molecule has 0 radical (unpaired) electrons. The number of nitrogens with one attached hydrogen (secondary N) is 2. The first-order chi connectivity index (χ1) is 32.1. The third kappa shape index (κ3) is 9.33. The number of nitrogens with zero attached hydrogens (tertiary/aromatic N) is 7. The molecule has 3 saturated heterocycles. The second kappa shape index (κ2) is 18.8. The molecule has 5 heterocycles. The number of carbonyl (C=O) groups is 5. The molecule has 5 amide bonds. The number of hydrogen-bond donors (Lipinski definition) is 2. The fourth-order valence-corrected chi connectivity index (χ4v) is 11.5. The Bertz CT molecular complexity index is 2440. The van der Waals surface area contributed by atoms with E-state index in [-0.39, 0.29) is 53.8 Å². The first-order valence-electron chi connectivity index (χ1n) is 23.4. The van der Waals surface area contributed by atoms with Gasteiger partial charge in [0.25, 0.3) is 17.7 Å². The predicted molar refractivity (Wildman–Crippen MR) is 246 cm³/mol. The number of amides is 5. The minimum absolute atomic E-state index is 0.0457. The Labute approximate surface area is 395 Å². The molecule has 2 aromatic carbocycles. The average molecular weight is 937 g/mol. The summed E-state index contributed by atoms with van der Waals surface area (Å²) in [5, 5.41) is 15.0. The highest BCUT2D eigenvalue weighted by Gasteiger charge is 2.64. The fraction of sp³-hybridized carbons (Fsp3) is 0.551. The first-order valence-corrected chi connectivity index (χ1v) is 23.8. The quantitative estimate of drug-likeness (QED) is 0.215. The number of fused-ring (bicyclic) bond motifs is 1. The molecule has 354 valence electrons. The Morgan fingerprint density at radius 3 is 2.30 bits per heavy atom. The van der Waals surface area contributed by atoms with Crippen LogP contribution in [-0.2, 0) is 14.3 Å². The zero-order valence-electron chi connectivity index (χ0n) is 38.5. The molecule has 17 nitrogen and oxygen atoms in total. The molecule has 18 heteroatoms. The molecule has 3 aromatic rings. The number of morpholine rings is 1.